The minimum atomic E-state index is -3.63. The normalized spacial score (nSPS) is 3.79. The molecule has 0 amide bonds. The van der Waals surface area contributed by atoms with Gasteiger partial charge < -0.3 is 58.6 Å². The van der Waals surface area contributed by atoms with E-state index in [1.807, 2.05) is 0 Å². The minimum Gasteiger partial charge on any atom is -2.00 e. The van der Waals surface area contributed by atoms with Crippen LogP contribution in [0.15, 0.2) is 0 Å². The van der Waals surface area contributed by atoms with Gasteiger partial charge in [0.15, 0.2) is 0 Å². The van der Waals surface area contributed by atoms with Gasteiger partial charge in [-0.25, -0.2) is 0 Å². The molecule has 96 valence electrons. The molecule has 0 rings (SSSR count). The fourth-order valence-electron chi connectivity index (χ4n) is 0. The maximum Gasteiger partial charge on any atom is 3.00 e. The Morgan fingerprint density at radius 1 is 0.421 bits per heavy atom. The molecule has 19 heavy (non-hydrogen) atoms. The van der Waals surface area contributed by atoms with E-state index in [0.29, 0.717) is 0 Å². The average Bonchev–Trinajstić information content (AvgIpc) is 1.54. The first-order chi connectivity index (χ1) is 5.20. The molecule has 0 aromatic rings. The van der Waals surface area contributed by atoms with Crippen molar-refractivity contribution >= 4 is 27.5 Å². The van der Waals surface area contributed by atoms with Gasteiger partial charge in [0, 0.05) is 27.5 Å². The number of rotatable bonds is 0. The summed E-state index contributed by atoms with van der Waals surface area (Å²) in [7, 11) is -10.9. The second-order valence-electron chi connectivity index (χ2n) is 0.750. The van der Waals surface area contributed by atoms with E-state index >= 15 is 0 Å². The van der Waals surface area contributed by atoms with Crippen molar-refractivity contribution in [2.45, 2.75) is 0 Å². The second-order valence-corrected chi connectivity index (χ2v) is 2.25. The molecule has 0 aromatic carbocycles. The van der Waals surface area contributed by atoms with Gasteiger partial charge >= 0.3 is 142 Å². The Morgan fingerprint density at radius 3 is 0.421 bits per heavy atom. The Hall–Kier alpha value is 3.51. The molecule has 0 unspecified atom stereocenters. The van der Waals surface area contributed by atoms with Crippen molar-refractivity contribution in [1.82, 2.24) is 0 Å². The molecule has 0 radical (unpaired) electrons. The monoisotopic (exact) mass is 831 g/mol. The van der Waals surface area contributed by atoms with Crippen LogP contribution < -0.4 is 28.8 Å². The van der Waals surface area contributed by atoms with Crippen LogP contribution in [-0.4, -0.2) is 27.5 Å². The van der Waals surface area contributed by atoms with Crippen LogP contribution in [0.3, 0.4) is 0 Å². The van der Waals surface area contributed by atoms with Crippen molar-refractivity contribution in [2.24, 2.45) is 0 Å². The van der Waals surface area contributed by atoms with Gasteiger partial charge in [-0.3, -0.25) is 0 Å². The summed E-state index contributed by atoms with van der Waals surface area (Å²) in [6.45, 7) is 0. The van der Waals surface area contributed by atoms with Crippen LogP contribution in [0.1, 0.15) is 0 Å². The van der Waals surface area contributed by atoms with Gasteiger partial charge in [0.1, 0.15) is 0 Å². The SMILES string of the molecule is O=[Si]([O-])[O-].O=[Si]([O-])[O-].O=[Si]([O-])[O-].[La+3].[La+3].[La+3].[La+3].[O-2].[O-2].[O-2]. The fourth-order valence-corrected chi connectivity index (χ4v) is 0. The van der Waals surface area contributed by atoms with E-state index < -0.39 is 27.5 Å². The molecule has 0 saturated carbocycles. The van der Waals surface area contributed by atoms with E-state index in [1.54, 1.807) is 0 Å². The third-order valence-electron chi connectivity index (χ3n) is 0. The zero-order valence-electron chi connectivity index (χ0n) is 8.71. The maximum absolute atomic E-state index is 8.52. The molecule has 0 aromatic heterocycles. The largest absolute Gasteiger partial charge is 3.00 e. The number of hydrogen-bond acceptors (Lipinski definition) is 9. The summed E-state index contributed by atoms with van der Waals surface area (Å²) in [5.74, 6) is 0. The fraction of sp³-hybridized carbons (Fsp3) is 0. The first kappa shape index (κ1) is 66.5. The smallest absolute Gasteiger partial charge is 2.00 e. The third-order valence-corrected chi connectivity index (χ3v) is 0. The molecule has 0 bridgehead atoms. The third kappa shape index (κ3) is 665. The zero-order chi connectivity index (χ0) is 10.7. The molecule has 0 aliphatic rings. The van der Waals surface area contributed by atoms with Gasteiger partial charge in [-0.05, 0) is 0 Å². The van der Waals surface area contributed by atoms with E-state index in [9.17, 15) is 0 Å². The molecule has 0 aliphatic heterocycles. The Balaban J connectivity index is -0.00000000675. The Bertz CT molecular complexity index is 123. The predicted molar refractivity (Wildman–Crippen MR) is 21.4 cm³/mol. The van der Waals surface area contributed by atoms with Gasteiger partial charge in [0.2, 0.25) is 0 Å². The molecule has 19 heteroatoms. The van der Waals surface area contributed by atoms with Gasteiger partial charge in [-0.1, -0.05) is 0 Å². The Labute approximate surface area is 223 Å². The van der Waals surface area contributed by atoms with Gasteiger partial charge in [0.25, 0.3) is 0 Å². The Kier molecular flexibility index (Phi) is 203. The standard InChI is InChI=1S/4La.3O3Si.3O/c;;;;3*1-4(2)3;;;/q4*+3;6*-2. The summed E-state index contributed by atoms with van der Waals surface area (Å²) in [6, 6.07) is 0. The van der Waals surface area contributed by atoms with Crippen molar-refractivity contribution in [3.63, 3.8) is 0 Å². The van der Waals surface area contributed by atoms with Gasteiger partial charge in [-0.2, -0.15) is 0 Å². The summed E-state index contributed by atoms with van der Waals surface area (Å²) in [5, 5.41) is 0. The van der Waals surface area contributed by atoms with Crippen LogP contribution in [-0.2, 0) is 29.8 Å². The summed E-state index contributed by atoms with van der Waals surface area (Å²) in [5.41, 5.74) is 0. The van der Waals surface area contributed by atoms with E-state index in [0.717, 1.165) is 0 Å². The van der Waals surface area contributed by atoms with Crippen LogP contribution in [0, 0.1) is 142 Å². The van der Waals surface area contributed by atoms with E-state index in [4.69, 9.17) is 42.2 Å². The molecule has 0 heterocycles. The molecule has 0 N–H and O–H groups in total. The summed E-state index contributed by atoms with van der Waals surface area (Å²) >= 11 is 0. The topological polar surface area (TPSA) is 275 Å². The van der Waals surface area contributed by atoms with Crippen LogP contribution >= 0.6 is 0 Å². The van der Waals surface area contributed by atoms with Gasteiger partial charge in [0.05, 0.1) is 0 Å². The predicted octanol–water partition coefficient (Wildman–Crippen LogP) is -8.99. The average molecular weight is 832 g/mol. The van der Waals surface area contributed by atoms with Crippen LogP contribution in [0.5, 0.6) is 0 Å². The van der Waals surface area contributed by atoms with Crippen molar-refractivity contribution in [2.75, 3.05) is 0 Å². The van der Waals surface area contributed by atoms with Crippen LogP contribution in [0.25, 0.3) is 0 Å². The molecule has 0 spiro atoms. The summed E-state index contributed by atoms with van der Waals surface area (Å²) < 4.78 is 25.6. The molecule has 0 saturated heterocycles. The Morgan fingerprint density at radius 2 is 0.421 bits per heavy atom. The first-order valence-corrected chi connectivity index (χ1v) is 5.51. The van der Waals surface area contributed by atoms with Crippen molar-refractivity contribution < 1.29 is 201 Å². The molecular formula is La4O12Si3. The number of hydrogen-bond donors (Lipinski definition) is 0. The molecule has 0 aliphatic carbocycles. The summed E-state index contributed by atoms with van der Waals surface area (Å²) in [6.07, 6.45) is 0. The van der Waals surface area contributed by atoms with E-state index in [-0.39, 0.29) is 159 Å². The zero-order valence-corrected chi connectivity index (χ0v) is 26.2. The summed E-state index contributed by atoms with van der Waals surface area (Å²) in [4.78, 5) is 51.1. The van der Waals surface area contributed by atoms with Crippen molar-refractivity contribution in [3.05, 3.63) is 0 Å². The molecule has 12 nitrogen and oxygen atoms in total. The molecule has 0 atom stereocenters. The molecule has 0 fully saturated rings. The van der Waals surface area contributed by atoms with E-state index in [2.05, 4.69) is 0 Å². The quantitative estimate of drug-likeness (QED) is 0.209. The maximum atomic E-state index is 8.52. The van der Waals surface area contributed by atoms with E-state index in [1.165, 1.54) is 0 Å². The molecular weight excluding hydrogens is 832 g/mol. The van der Waals surface area contributed by atoms with Crippen molar-refractivity contribution in [3.8, 4) is 0 Å². The van der Waals surface area contributed by atoms with Crippen LogP contribution in [0.4, 0.5) is 0 Å². The van der Waals surface area contributed by atoms with Crippen LogP contribution in [0.2, 0.25) is 0 Å². The van der Waals surface area contributed by atoms with Gasteiger partial charge in [-0.15, -0.1) is 0 Å². The first-order valence-electron chi connectivity index (χ1n) is 1.84. The second kappa shape index (κ2) is 57.8. The minimum absolute atomic E-state index is 0. The van der Waals surface area contributed by atoms with Crippen molar-refractivity contribution in [1.29, 1.82) is 0 Å².